The summed E-state index contributed by atoms with van der Waals surface area (Å²) in [6, 6.07) is 0.375. The molecule has 3 heteroatoms. The molecule has 0 saturated carbocycles. The minimum Gasteiger partial charge on any atom is -0.340 e. The van der Waals surface area contributed by atoms with Crippen molar-refractivity contribution >= 4 is 17.7 Å². The fourth-order valence-electron chi connectivity index (χ4n) is 1.79. The highest BCUT2D eigenvalue weighted by Gasteiger charge is 2.26. The van der Waals surface area contributed by atoms with Crippen molar-refractivity contribution in [2.24, 2.45) is 0 Å². The lowest BCUT2D eigenvalue weighted by molar-refractivity contribution is -0.134. The predicted molar refractivity (Wildman–Crippen MR) is 62.6 cm³/mol. The van der Waals surface area contributed by atoms with Crippen molar-refractivity contribution in [3.8, 4) is 0 Å². The molecule has 82 valence electrons. The Morgan fingerprint density at radius 2 is 2.29 bits per heavy atom. The second kappa shape index (κ2) is 5.64. The van der Waals surface area contributed by atoms with Crippen LogP contribution in [0.25, 0.3) is 0 Å². The first-order chi connectivity index (χ1) is 6.65. The summed E-state index contributed by atoms with van der Waals surface area (Å²) in [6.07, 6.45) is 3.14. The number of piperidine rings is 1. The average Bonchev–Trinajstić information content (AvgIpc) is 2.14. The highest BCUT2D eigenvalue weighted by atomic mass is 32.2. The van der Waals surface area contributed by atoms with Gasteiger partial charge in [-0.15, -0.1) is 0 Å². The number of thioether (sulfide) groups is 1. The van der Waals surface area contributed by atoms with Crippen LogP contribution in [0.5, 0.6) is 0 Å². The molecule has 1 aliphatic rings. The average molecular weight is 215 g/mol. The van der Waals surface area contributed by atoms with Crippen molar-refractivity contribution in [3.05, 3.63) is 0 Å². The number of hydrogen-bond acceptors (Lipinski definition) is 2. The van der Waals surface area contributed by atoms with Crippen LogP contribution >= 0.6 is 11.8 Å². The Kier molecular flexibility index (Phi) is 4.79. The third-order valence-corrected chi connectivity index (χ3v) is 4.11. The summed E-state index contributed by atoms with van der Waals surface area (Å²) in [5.41, 5.74) is 0. The lowest BCUT2D eigenvalue weighted by Crippen LogP contribution is -2.43. The molecular formula is C11H21NOS. The molecule has 0 aromatic heterocycles. The van der Waals surface area contributed by atoms with Crippen LogP contribution < -0.4 is 0 Å². The standard InChI is InChI=1S/C11H21NOS/c1-4-7-14-10-5-6-12(9(2)3)11(13)8-10/h9-10H,4-8H2,1-3H3. The largest absolute Gasteiger partial charge is 0.340 e. The van der Waals surface area contributed by atoms with Crippen LogP contribution in [0.4, 0.5) is 0 Å². The van der Waals surface area contributed by atoms with Crippen molar-refractivity contribution in [2.75, 3.05) is 12.3 Å². The van der Waals surface area contributed by atoms with Gasteiger partial charge in [0, 0.05) is 24.3 Å². The summed E-state index contributed by atoms with van der Waals surface area (Å²) < 4.78 is 0. The van der Waals surface area contributed by atoms with Crippen LogP contribution in [-0.4, -0.2) is 34.4 Å². The van der Waals surface area contributed by atoms with Gasteiger partial charge in [-0.1, -0.05) is 6.92 Å². The van der Waals surface area contributed by atoms with Crippen molar-refractivity contribution in [1.29, 1.82) is 0 Å². The minimum atomic E-state index is 0.347. The zero-order valence-corrected chi connectivity index (χ0v) is 10.3. The number of hydrogen-bond donors (Lipinski definition) is 0. The molecule has 1 amide bonds. The Labute approximate surface area is 91.4 Å². The van der Waals surface area contributed by atoms with Gasteiger partial charge in [-0.25, -0.2) is 0 Å². The van der Waals surface area contributed by atoms with Gasteiger partial charge in [-0.2, -0.15) is 11.8 Å². The van der Waals surface area contributed by atoms with E-state index in [9.17, 15) is 4.79 Å². The SMILES string of the molecule is CCCSC1CCN(C(C)C)C(=O)C1. The normalized spacial score (nSPS) is 23.3. The molecule has 0 aromatic carbocycles. The van der Waals surface area contributed by atoms with Gasteiger partial charge in [0.1, 0.15) is 0 Å². The van der Waals surface area contributed by atoms with Crippen LogP contribution in [0.2, 0.25) is 0 Å². The first-order valence-electron chi connectivity index (χ1n) is 5.56. The molecule has 1 fully saturated rings. The van der Waals surface area contributed by atoms with E-state index in [1.807, 2.05) is 16.7 Å². The van der Waals surface area contributed by atoms with Crippen LogP contribution in [0.3, 0.4) is 0 Å². The van der Waals surface area contributed by atoms with Gasteiger partial charge in [0.05, 0.1) is 0 Å². The van der Waals surface area contributed by atoms with Crippen LogP contribution in [0.15, 0.2) is 0 Å². The Hall–Kier alpha value is -0.180. The molecule has 1 atom stereocenters. The molecule has 0 radical (unpaired) electrons. The first kappa shape index (κ1) is 11.9. The Morgan fingerprint density at radius 1 is 1.57 bits per heavy atom. The fourth-order valence-corrected chi connectivity index (χ4v) is 2.90. The number of amides is 1. The Morgan fingerprint density at radius 3 is 2.79 bits per heavy atom. The summed E-state index contributed by atoms with van der Waals surface area (Å²) in [6.45, 7) is 7.34. The number of nitrogens with zero attached hydrogens (tertiary/aromatic N) is 1. The maximum absolute atomic E-state index is 11.7. The third-order valence-electron chi connectivity index (χ3n) is 2.60. The van der Waals surface area contributed by atoms with Gasteiger partial charge in [-0.05, 0) is 32.4 Å². The predicted octanol–water partition coefficient (Wildman–Crippen LogP) is 2.53. The third kappa shape index (κ3) is 3.19. The second-order valence-corrected chi connectivity index (χ2v) is 5.57. The lowest BCUT2D eigenvalue weighted by Gasteiger charge is -2.34. The van der Waals surface area contributed by atoms with E-state index in [2.05, 4.69) is 20.8 Å². The number of rotatable bonds is 4. The van der Waals surface area contributed by atoms with Crippen molar-refractivity contribution in [1.82, 2.24) is 4.90 Å². The van der Waals surface area contributed by atoms with E-state index in [-0.39, 0.29) is 0 Å². The molecule has 0 N–H and O–H groups in total. The van der Waals surface area contributed by atoms with E-state index in [0.29, 0.717) is 17.2 Å². The molecule has 1 aliphatic heterocycles. The highest BCUT2D eigenvalue weighted by molar-refractivity contribution is 7.99. The molecule has 2 nitrogen and oxygen atoms in total. The maximum atomic E-state index is 11.7. The monoisotopic (exact) mass is 215 g/mol. The van der Waals surface area contributed by atoms with E-state index in [0.717, 1.165) is 13.0 Å². The van der Waals surface area contributed by atoms with Gasteiger partial charge < -0.3 is 4.90 Å². The summed E-state index contributed by atoms with van der Waals surface area (Å²) >= 11 is 1.97. The molecular weight excluding hydrogens is 194 g/mol. The molecule has 1 unspecified atom stereocenters. The van der Waals surface area contributed by atoms with Gasteiger partial charge >= 0.3 is 0 Å². The van der Waals surface area contributed by atoms with Crippen LogP contribution in [0.1, 0.15) is 40.0 Å². The molecule has 1 rings (SSSR count). The smallest absolute Gasteiger partial charge is 0.223 e. The van der Waals surface area contributed by atoms with Crippen molar-refractivity contribution in [2.45, 2.75) is 51.3 Å². The number of likely N-dealkylation sites (tertiary alicyclic amines) is 1. The Bertz CT molecular complexity index is 194. The van der Waals surface area contributed by atoms with Gasteiger partial charge in [0.25, 0.3) is 0 Å². The molecule has 14 heavy (non-hydrogen) atoms. The lowest BCUT2D eigenvalue weighted by atomic mass is 10.1. The van der Waals surface area contributed by atoms with Gasteiger partial charge in [0.15, 0.2) is 0 Å². The molecule has 0 aliphatic carbocycles. The van der Waals surface area contributed by atoms with Crippen molar-refractivity contribution in [3.63, 3.8) is 0 Å². The van der Waals surface area contributed by atoms with Crippen molar-refractivity contribution < 1.29 is 4.79 Å². The number of carbonyl (C=O) groups is 1. The molecule has 0 bridgehead atoms. The van der Waals surface area contributed by atoms with Crippen LogP contribution in [-0.2, 0) is 4.79 Å². The Balaban J connectivity index is 2.35. The zero-order chi connectivity index (χ0) is 10.6. The summed E-state index contributed by atoms with van der Waals surface area (Å²) in [5, 5.41) is 0.581. The molecule has 0 aromatic rings. The fraction of sp³-hybridized carbons (Fsp3) is 0.909. The zero-order valence-electron chi connectivity index (χ0n) is 9.45. The minimum absolute atomic E-state index is 0.347. The van der Waals surface area contributed by atoms with E-state index in [1.165, 1.54) is 18.6 Å². The summed E-state index contributed by atoms with van der Waals surface area (Å²) in [5.74, 6) is 1.54. The molecule has 1 saturated heterocycles. The van der Waals surface area contributed by atoms with E-state index >= 15 is 0 Å². The van der Waals surface area contributed by atoms with Gasteiger partial charge in [-0.3, -0.25) is 4.79 Å². The second-order valence-electron chi connectivity index (χ2n) is 4.17. The first-order valence-corrected chi connectivity index (χ1v) is 6.61. The highest BCUT2D eigenvalue weighted by Crippen LogP contribution is 2.25. The quantitative estimate of drug-likeness (QED) is 0.718. The summed E-state index contributed by atoms with van der Waals surface area (Å²) in [4.78, 5) is 13.7. The number of carbonyl (C=O) groups excluding carboxylic acids is 1. The molecule has 1 heterocycles. The van der Waals surface area contributed by atoms with Crippen LogP contribution in [0, 0.1) is 0 Å². The molecule has 0 spiro atoms. The van der Waals surface area contributed by atoms with E-state index in [4.69, 9.17) is 0 Å². The van der Waals surface area contributed by atoms with E-state index < -0.39 is 0 Å². The summed E-state index contributed by atoms with van der Waals surface area (Å²) in [7, 11) is 0. The van der Waals surface area contributed by atoms with Gasteiger partial charge in [0.2, 0.25) is 5.91 Å². The maximum Gasteiger partial charge on any atom is 0.223 e. The topological polar surface area (TPSA) is 20.3 Å². The van der Waals surface area contributed by atoms with E-state index in [1.54, 1.807) is 0 Å².